The molecule has 0 atom stereocenters. The minimum Gasteiger partial charge on any atom is -0.496 e. The van der Waals surface area contributed by atoms with E-state index in [4.69, 9.17) is 14.2 Å². The molecule has 0 radical (unpaired) electrons. The molecule has 0 bridgehead atoms. The number of carbonyl (C=O) groups is 2. The first-order chi connectivity index (χ1) is 11.8. The molecule has 2 aromatic rings. The lowest BCUT2D eigenvalue weighted by molar-refractivity contribution is 0.0635. The molecule has 0 spiro atoms. The number of rotatable bonds is 5. The highest BCUT2D eigenvalue weighted by Gasteiger charge is 2.16. The van der Waals surface area contributed by atoms with E-state index in [0.717, 1.165) is 0 Å². The van der Waals surface area contributed by atoms with Gasteiger partial charge in [0.1, 0.15) is 22.8 Å². The number of hydrogen-bond acceptors (Lipinski definition) is 5. The molecule has 2 rings (SSSR count). The van der Waals surface area contributed by atoms with Gasteiger partial charge in [0.25, 0.3) is 0 Å². The maximum atomic E-state index is 11.7. The van der Waals surface area contributed by atoms with Gasteiger partial charge in [-0.05, 0) is 63.2 Å². The molecular weight excluding hydrogens is 322 g/mol. The molecule has 1 amide bonds. The molecule has 0 aliphatic rings. The van der Waals surface area contributed by atoms with Crippen molar-refractivity contribution in [1.29, 1.82) is 0 Å². The molecule has 1 N–H and O–H groups in total. The van der Waals surface area contributed by atoms with Crippen LogP contribution in [0.4, 0.5) is 10.5 Å². The highest BCUT2D eigenvalue weighted by molar-refractivity contribution is 5.85. The summed E-state index contributed by atoms with van der Waals surface area (Å²) in [4.78, 5) is 22.8. The number of methoxy groups -OCH3 is 1. The van der Waals surface area contributed by atoms with Crippen LogP contribution < -0.4 is 14.8 Å². The van der Waals surface area contributed by atoms with E-state index in [1.54, 1.807) is 63.2 Å². The molecule has 0 aromatic heterocycles. The quantitative estimate of drug-likeness (QED) is 0.800. The number of hydrogen-bond donors (Lipinski definition) is 1. The first-order valence-corrected chi connectivity index (χ1v) is 7.72. The topological polar surface area (TPSA) is 73.9 Å². The van der Waals surface area contributed by atoms with Gasteiger partial charge >= 0.3 is 6.09 Å². The predicted octanol–water partition coefficient (Wildman–Crippen LogP) is 4.65. The molecule has 0 saturated heterocycles. The molecule has 6 nitrogen and oxygen atoms in total. The molecule has 132 valence electrons. The van der Waals surface area contributed by atoms with Crippen molar-refractivity contribution in [2.24, 2.45) is 0 Å². The summed E-state index contributed by atoms with van der Waals surface area (Å²) in [5.41, 5.74) is 0.436. The van der Waals surface area contributed by atoms with Crippen molar-refractivity contribution in [1.82, 2.24) is 0 Å². The van der Waals surface area contributed by atoms with Crippen LogP contribution in [0.2, 0.25) is 0 Å². The van der Waals surface area contributed by atoms with Gasteiger partial charge in [-0.3, -0.25) is 10.1 Å². The lowest BCUT2D eigenvalue weighted by atomic mass is 10.2. The highest BCUT2D eigenvalue weighted by atomic mass is 16.6. The second kappa shape index (κ2) is 7.70. The predicted molar refractivity (Wildman–Crippen MR) is 94.8 cm³/mol. The molecule has 0 aliphatic heterocycles. The van der Waals surface area contributed by atoms with E-state index >= 15 is 0 Å². The molecule has 0 unspecified atom stereocenters. The average molecular weight is 343 g/mol. The summed E-state index contributed by atoms with van der Waals surface area (Å²) in [6.07, 6.45) is 0.187. The lowest BCUT2D eigenvalue weighted by Crippen LogP contribution is -2.27. The van der Waals surface area contributed by atoms with Crippen LogP contribution in [-0.4, -0.2) is 25.1 Å². The van der Waals surface area contributed by atoms with Gasteiger partial charge < -0.3 is 14.2 Å². The first-order valence-electron chi connectivity index (χ1n) is 7.72. The summed E-state index contributed by atoms with van der Waals surface area (Å²) in [6.45, 7) is 5.39. The van der Waals surface area contributed by atoms with Crippen LogP contribution in [0.1, 0.15) is 31.1 Å². The second-order valence-corrected chi connectivity index (χ2v) is 6.27. The first kappa shape index (κ1) is 18.3. The zero-order valence-corrected chi connectivity index (χ0v) is 14.7. The summed E-state index contributed by atoms with van der Waals surface area (Å²) >= 11 is 0. The normalized spacial score (nSPS) is 10.7. The van der Waals surface area contributed by atoms with Crippen LogP contribution in [0.25, 0.3) is 0 Å². The number of amides is 1. The highest BCUT2D eigenvalue weighted by Crippen LogP contribution is 2.27. The lowest BCUT2D eigenvalue weighted by Gasteiger charge is -2.19. The third-order valence-electron chi connectivity index (χ3n) is 3.06. The monoisotopic (exact) mass is 343 g/mol. The number of carbonyl (C=O) groups excluding carboxylic acids is 2. The number of benzene rings is 2. The van der Waals surface area contributed by atoms with Crippen LogP contribution in [0.5, 0.6) is 17.2 Å². The van der Waals surface area contributed by atoms with Crippen molar-refractivity contribution in [3.05, 3.63) is 48.0 Å². The standard InChI is InChI=1S/C19H21NO5/c1-19(2,3)25-18(22)20-14-5-7-15(8-6-14)24-16-9-10-17(23-4)13(11-16)12-21/h5-12H,1-4H3,(H,20,22). The van der Waals surface area contributed by atoms with Gasteiger partial charge in [0.05, 0.1) is 12.7 Å². The van der Waals surface area contributed by atoms with Gasteiger partial charge in [-0.1, -0.05) is 0 Å². The Kier molecular flexibility index (Phi) is 5.64. The number of aldehydes is 1. The van der Waals surface area contributed by atoms with Gasteiger partial charge in [-0.2, -0.15) is 0 Å². The molecule has 2 aromatic carbocycles. The van der Waals surface area contributed by atoms with E-state index in [0.29, 0.717) is 34.8 Å². The van der Waals surface area contributed by atoms with Crippen molar-refractivity contribution >= 4 is 18.1 Å². The fourth-order valence-electron chi connectivity index (χ4n) is 2.03. The maximum Gasteiger partial charge on any atom is 0.412 e. The summed E-state index contributed by atoms with van der Waals surface area (Å²) < 4.78 is 16.0. The Morgan fingerprint density at radius 1 is 1.04 bits per heavy atom. The smallest absolute Gasteiger partial charge is 0.412 e. The second-order valence-electron chi connectivity index (χ2n) is 6.27. The van der Waals surface area contributed by atoms with Crippen LogP contribution in [0.3, 0.4) is 0 Å². The Balaban J connectivity index is 2.03. The largest absolute Gasteiger partial charge is 0.496 e. The minimum atomic E-state index is -0.558. The summed E-state index contributed by atoms with van der Waals surface area (Å²) in [5, 5.41) is 2.64. The molecule has 0 heterocycles. The fourth-order valence-corrected chi connectivity index (χ4v) is 2.03. The minimum absolute atomic E-state index is 0.406. The van der Waals surface area contributed by atoms with Crippen molar-refractivity contribution in [2.45, 2.75) is 26.4 Å². The molecule has 0 saturated carbocycles. The molecule has 6 heteroatoms. The zero-order valence-electron chi connectivity index (χ0n) is 14.7. The van der Waals surface area contributed by atoms with Gasteiger partial charge in [-0.25, -0.2) is 4.79 Å². The summed E-state index contributed by atoms with van der Waals surface area (Å²) in [6, 6.07) is 11.8. The van der Waals surface area contributed by atoms with Gasteiger partial charge in [0, 0.05) is 5.69 Å². The van der Waals surface area contributed by atoms with Crippen LogP contribution in [0.15, 0.2) is 42.5 Å². The van der Waals surface area contributed by atoms with E-state index in [9.17, 15) is 9.59 Å². The van der Waals surface area contributed by atoms with Gasteiger partial charge in [0.15, 0.2) is 6.29 Å². The van der Waals surface area contributed by atoms with Gasteiger partial charge in [0.2, 0.25) is 0 Å². The van der Waals surface area contributed by atoms with E-state index in [1.807, 2.05) is 0 Å². The van der Waals surface area contributed by atoms with E-state index in [2.05, 4.69) is 5.32 Å². The number of ether oxygens (including phenoxy) is 3. The number of anilines is 1. The Labute approximate surface area is 146 Å². The third kappa shape index (κ3) is 5.53. The SMILES string of the molecule is COc1ccc(Oc2ccc(NC(=O)OC(C)(C)C)cc2)cc1C=O. The molecule has 0 aliphatic carbocycles. The molecular formula is C19H21NO5. The number of nitrogens with one attached hydrogen (secondary N) is 1. The van der Waals surface area contributed by atoms with Crippen molar-refractivity contribution < 1.29 is 23.8 Å². The maximum absolute atomic E-state index is 11.7. The van der Waals surface area contributed by atoms with Crippen LogP contribution in [-0.2, 0) is 4.74 Å². The Hall–Kier alpha value is -3.02. The Bertz CT molecular complexity index is 747. The Morgan fingerprint density at radius 3 is 2.24 bits per heavy atom. The van der Waals surface area contributed by atoms with Crippen molar-refractivity contribution in [3.8, 4) is 17.2 Å². The Morgan fingerprint density at radius 2 is 1.68 bits per heavy atom. The van der Waals surface area contributed by atoms with E-state index in [1.165, 1.54) is 7.11 Å². The fraction of sp³-hybridized carbons (Fsp3) is 0.263. The molecule has 0 fully saturated rings. The third-order valence-corrected chi connectivity index (χ3v) is 3.06. The molecule has 25 heavy (non-hydrogen) atoms. The van der Waals surface area contributed by atoms with E-state index in [-0.39, 0.29) is 0 Å². The van der Waals surface area contributed by atoms with Crippen molar-refractivity contribution in [2.75, 3.05) is 12.4 Å². The summed E-state index contributed by atoms with van der Waals surface area (Å²) in [5.74, 6) is 1.56. The van der Waals surface area contributed by atoms with E-state index < -0.39 is 11.7 Å². The average Bonchev–Trinajstić information content (AvgIpc) is 2.54. The van der Waals surface area contributed by atoms with Gasteiger partial charge in [-0.15, -0.1) is 0 Å². The summed E-state index contributed by atoms with van der Waals surface area (Å²) in [7, 11) is 1.50. The van der Waals surface area contributed by atoms with Crippen molar-refractivity contribution in [3.63, 3.8) is 0 Å². The van der Waals surface area contributed by atoms with Crippen LogP contribution in [0, 0.1) is 0 Å². The zero-order chi connectivity index (χ0) is 18.4. The van der Waals surface area contributed by atoms with Crippen LogP contribution >= 0.6 is 0 Å².